The maximum Gasteiger partial charge on any atom is 0.220 e. The van der Waals surface area contributed by atoms with E-state index in [-0.39, 0.29) is 17.9 Å². The Labute approximate surface area is 168 Å². The smallest absolute Gasteiger partial charge is 0.220 e. The molecule has 1 aliphatic rings. The molecule has 0 fully saturated rings. The van der Waals surface area contributed by atoms with Gasteiger partial charge in [0.25, 0.3) is 0 Å². The number of benzene rings is 2. The molecule has 0 saturated heterocycles. The summed E-state index contributed by atoms with van der Waals surface area (Å²) in [6.45, 7) is 5.34. The lowest BCUT2D eigenvalue weighted by atomic mass is 9.95. The number of hydrogen-bond donors (Lipinski definition) is 1. The van der Waals surface area contributed by atoms with Crippen molar-refractivity contribution in [3.05, 3.63) is 53.0 Å². The summed E-state index contributed by atoms with van der Waals surface area (Å²) in [5, 5.41) is 4.18. The molecule has 146 valence electrons. The lowest BCUT2D eigenvalue weighted by molar-refractivity contribution is -0.122. The molecule has 6 heteroatoms. The molecule has 0 bridgehead atoms. The van der Waals surface area contributed by atoms with Gasteiger partial charge in [-0.05, 0) is 35.7 Å². The molecule has 0 aliphatic carbocycles. The lowest BCUT2D eigenvalue weighted by Crippen LogP contribution is -2.32. The van der Waals surface area contributed by atoms with Gasteiger partial charge in [0.1, 0.15) is 13.2 Å². The summed E-state index contributed by atoms with van der Waals surface area (Å²) >= 11 is 1.65. The number of carbonyl (C=O) groups excluding carboxylic acids is 1. The molecular weight excluding hydrogens is 372 g/mol. The molecule has 0 saturated carbocycles. The molecular formula is C22H24N2O3S. The van der Waals surface area contributed by atoms with Crippen LogP contribution in [0.4, 0.5) is 0 Å². The van der Waals surface area contributed by atoms with Crippen molar-refractivity contribution in [3.8, 4) is 11.5 Å². The highest BCUT2D eigenvalue weighted by molar-refractivity contribution is 7.18. The zero-order valence-electron chi connectivity index (χ0n) is 16.1. The standard InChI is InChI=1S/C22H24N2O3S/c1-14(2)22(15-7-8-17-18(13-15)27-12-11-26-17)24-20(25)9-10-21-23-16-5-3-4-6-19(16)28-21/h3-8,13-14,22H,9-12H2,1-2H3,(H,24,25)/t22-/m0/s1. The number of rotatable bonds is 6. The minimum absolute atomic E-state index is 0.0350. The van der Waals surface area contributed by atoms with E-state index in [1.54, 1.807) is 11.3 Å². The molecule has 2 heterocycles. The van der Waals surface area contributed by atoms with Crippen molar-refractivity contribution in [2.24, 2.45) is 5.92 Å². The van der Waals surface area contributed by atoms with E-state index < -0.39 is 0 Å². The monoisotopic (exact) mass is 396 g/mol. The largest absolute Gasteiger partial charge is 0.486 e. The van der Waals surface area contributed by atoms with Gasteiger partial charge in [-0.25, -0.2) is 4.98 Å². The van der Waals surface area contributed by atoms with Crippen molar-refractivity contribution in [2.75, 3.05) is 13.2 Å². The van der Waals surface area contributed by atoms with Gasteiger partial charge in [-0.1, -0.05) is 32.0 Å². The van der Waals surface area contributed by atoms with Crippen LogP contribution in [-0.2, 0) is 11.2 Å². The van der Waals surface area contributed by atoms with Crippen LogP contribution in [0.15, 0.2) is 42.5 Å². The van der Waals surface area contributed by atoms with Crippen molar-refractivity contribution in [2.45, 2.75) is 32.7 Å². The highest BCUT2D eigenvalue weighted by Gasteiger charge is 2.21. The predicted octanol–water partition coefficient (Wildman–Crippen LogP) is 4.51. The molecule has 0 radical (unpaired) electrons. The summed E-state index contributed by atoms with van der Waals surface area (Å²) < 4.78 is 12.4. The van der Waals surface area contributed by atoms with E-state index in [4.69, 9.17) is 9.47 Å². The maximum absolute atomic E-state index is 12.6. The lowest BCUT2D eigenvalue weighted by Gasteiger charge is -2.25. The van der Waals surface area contributed by atoms with Gasteiger partial charge in [-0.2, -0.15) is 0 Å². The first kappa shape index (κ1) is 18.7. The fraction of sp³-hybridized carbons (Fsp3) is 0.364. The quantitative estimate of drug-likeness (QED) is 0.666. The molecule has 1 amide bonds. The fourth-order valence-corrected chi connectivity index (χ4v) is 4.35. The van der Waals surface area contributed by atoms with Gasteiger partial charge in [0.2, 0.25) is 5.91 Å². The first-order valence-electron chi connectivity index (χ1n) is 9.63. The Morgan fingerprint density at radius 1 is 1.14 bits per heavy atom. The normalized spacial score (nSPS) is 14.2. The third kappa shape index (κ3) is 4.12. The Morgan fingerprint density at radius 3 is 2.71 bits per heavy atom. The van der Waals surface area contributed by atoms with E-state index in [1.807, 2.05) is 36.4 Å². The molecule has 5 nitrogen and oxygen atoms in total. The number of hydrogen-bond acceptors (Lipinski definition) is 5. The van der Waals surface area contributed by atoms with Gasteiger partial charge in [-0.3, -0.25) is 4.79 Å². The van der Waals surface area contributed by atoms with Gasteiger partial charge in [0.05, 0.1) is 21.3 Å². The SMILES string of the molecule is CC(C)[C@H](NC(=O)CCc1nc2ccccc2s1)c1ccc2c(c1)OCCO2. The highest BCUT2D eigenvalue weighted by Crippen LogP contribution is 2.34. The van der Waals surface area contributed by atoms with Crippen LogP contribution in [0.1, 0.15) is 36.9 Å². The first-order chi connectivity index (χ1) is 13.6. The second-order valence-corrected chi connectivity index (χ2v) is 8.38. The number of amides is 1. The van der Waals surface area contributed by atoms with Crippen LogP contribution in [0.5, 0.6) is 11.5 Å². The Bertz CT molecular complexity index is 950. The topological polar surface area (TPSA) is 60.5 Å². The molecule has 1 atom stereocenters. The van der Waals surface area contributed by atoms with E-state index in [2.05, 4.69) is 30.2 Å². The minimum Gasteiger partial charge on any atom is -0.486 e. The molecule has 4 rings (SSSR count). The van der Waals surface area contributed by atoms with Crippen LogP contribution in [0, 0.1) is 5.92 Å². The third-order valence-corrected chi connectivity index (χ3v) is 5.91. The van der Waals surface area contributed by atoms with E-state index in [1.165, 1.54) is 0 Å². The number of aryl methyl sites for hydroxylation is 1. The summed E-state index contributed by atoms with van der Waals surface area (Å²) in [5.41, 5.74) is 2.03. The van der Waals surface area contributed by atoms with Crippen molar-refractivity contribution in [1.29, 1.82) is 0 Å². The van der Waals surface area contributed by atoms with E-state index in [0.717, 1.165) is 32.3 Å². The number of nitrogens with one attached hydrogen (secondary N) is 1. The number of para-hydroxylation sites is 1. The molecule has 1 N–H and O–H groups in total. The summed E-state index contributed by atoms with van der Waals surface area (Å²) in [4.78, 5) is 17.2. The zero-order valence-corrected chi connectivity index (χ0v) is 16.9. The van der Waals surface area contributed by atoms with Gasteiger partial charge in [0.15, 0.2) is 11.5 Å². The summed E-state index contributed by atoms with van der Waals surface area (Å²) in [7, 11) is 0. The van der Waals surface area contributed by atoms with Crippen molar-refractivity contribution in [1.82, 2.24) is 10.3 Å². The molecule has 1 aliphatic heterocycles. The number of thiazole rings is 1. The molecule has 1 aromatic heterocycles. The Balaban J connectivity index is 1.42. The first-order valence-corrected chi connectivity index (χ1v) is 10.4. The molecule has 0 spiro atoms. The van der Waals surface area contributed by atoms with Crippen LogP contribution >= 0.6 is 11.3 Å². The van der Waals surface area contributed by atoms with Gasteiger partial charge in [-0.15, -0.1) is 11.3 Å². The average molecular weight is 397 g/mol. The predicted molar refractivity (Wildman–Crippen MR) is 111 cm³/mol. The Kier molecular flexibility index (Phi) is 5.48. The van der Waals surface area contributed by atoms with Crippen LogP contribution < -0.4 is 14.8 Å². The zero-order chi connectivity index (χ0) is 19.5. The average Bonchev–Trinajstić information content (AvgIpc) is 3.13. The van der Waals surface area contributed by atoms with Gasteiger partial charge < -0.3 is 14.8 Å². The minimum atomic E-state index is -0.0707. The van der Waals surface area contributed by atoms with Crippen molar-refractivity contribution in [3.63, 3.8) is 0 Å². The molecule has 0 unspecified atom stereocenters. The number of nitrogens with zero attached hydrogens (tertiary/aromatic N) is 1. The summed E-state index contributed by atoms with van der Waals surface area (Å²) in [6, 6.07) is 13.9. The Hall–Kier alpha value is -2.60. The molecule has 2 aromatic carbocycles. The van der Waals surface area contributed by atoms with E-state index in [9.17, 15) is 4.79 Å². The Morgan fingerprint density at radius 2 is 1.93 bits per heavy atom. The number of ether oxygens (including phenoxy) is 2. The molecule has 3 aromatic rings. The molecule has 28 heavy (non-hydrogen) atoms. The number of carbonyl (C=O) groups is 1. The summed E-state index contributed by atoms with van der Waals surface area (Å²) in [5.74, 6) is 1.81. The fourth-order valence-electron chi connectivity index (χ4n) is 3.38. The maximum atomic E-state index is 12.6. The second-order valence-electron chi connectivity index (χ2n) is 7.27. The highest BCUT2D eigenvalue weighted by atomic mass is 32.1. The van der Waals surface area contributed by atoms with E-state index >= 15 is 0 Å². The van der Waals surface area contributed by atoms with Crippen molar-refractivity contribution >= 4 is 27.5 Å². The van der Waals surface area contributed by atoms with Crippen molar-refractivity contribution < 1.29 is 14.3 Å². The van der Waals surface area contributed by atoms with Gasteiger partial charge in [0, 0.05) is 12.8 Å². The van der Waals surface area contributed by atoms with Gasteiger partial charge >= 0.3 is 0 Å². The third-order valence-electron chi connectivity index (χ3n) is 4.81. The number of aromatic nitrogens is 1. The van der Waals surface area contributed by atoms with Crippen LogP contribution in [0.3, 0.4) is 0 Å². The summed E-state index contributed by atoms with van der Waals surface area (Å²) in [6.07, 6.45) is 1.07. The van der Waals surface area contributed by atoms with E-state index in [0.29, 0.717) is 26.1 Å². The van der Waals surface area contributed by atoms with Crippen LogP contribution in [-0.4, -0.2) is 24.1 Å². The number of fused-ring (bicyclic) bond motifs is 2. The van der Waals surface area contributed by atoms with Crippen LogP contribution in [0.25, 0.3) is 10.2 Å². The van der Waals surface area contributed by atoms with Crippen LogP contribution in [0.2, 0.25) is 0 Å². The second kappa shape index (κ2) is 8.19.